The van der Waals surface area contributed by atoms with Gasteiger partial charge in [0.1, 0.15) is 5.00 Å². The van der Waals surface area contributed by atoms with Crippen molar-refractivity contribution in [3.63, 3.8) is 0 Å². The van der Waals surface area contributed by atoms with Crippen molar-refractivity contribution in [3.8, 4) is 0 Å². The lowest BCUT2D eigenvalue weighted by Crippen LogP contribution is -2.19. The molecular weight excluding hydrogens is 384 g/mol. The maximum absolute atomic E-state index is 12.4. The molecule has 0 aliphatic heterocycles. The van der Waals surface area contributed by atoms with Gasteiger partial charge in [0, 0.05) is 4.88 Å². The average molecular weight is 407 g/mol. The largest absolute Gasteiger partial charge is 0.365 e. The highest BCUT2D eigenvalue weighted by Crippen LogP contribution is 2.37. The summed E-state index contributed by atoms with van der Waals surface area (Å²) in [5.74, 6) is -0.743. The number of carbonyl (C=O) groups excluding carboxylic acids is 2. The Morgan fingerprint density at radius 3 is 2.44 bits per heavy atom. The third-order valence-corrected chi connectivity index (χ3v) is 7.66. The van der Waals surface area contributed by atoms with Crippen LogP contribution in [0.2, 0.25) is 0 Å². The van der Waals surface area contributed by atoms with Gasteiger partial charge in [0.2, 0.25) is 5.91 Å². The molecule has 0 spiro atoms. The van der Waals surface area contributed by atoms with Crippen LogP contribution >= 0.6 is 11.3 Å². The number of rotatable bonds is 6. The maximum atomic E-state index is 12.4. The Morgan fingerprint density at radius 1 is 1.15 bits per heavy atom. The van der Waals surface area contributed by atoms with Crippen LogP contribution in [0.3, 0.4) is 0 Å². The number of nitrogens with two attached hydrogens (primary N) is 1. The van der Waals surface area contributed by atoms with Crippen LogP contribution < -0.4 is 11.1 Å². The van der Waals surface area contributed by atoms with Crippen LogP contribution in [0, 0.1) is 0 Å². The Bertz CT molecular complexity index is 976. The predicted molar refractivity (Wildman–Crippen MR) is 106 cm³/mol. The van der Waals surface area contributed by atoms with Gasteiger partial charge < -0.3 is 11.1 Å². The topological polar surface area (TPSA) is 106 Å². The van der Waals surface area contributed by atoms with Gasteiger partial charge in [-0.05, 0) is 48.9 Å². The maximum Gasteiger partial charge on any atom is 0.251 e. The molecule has 0 bridgehead atoms. The van der Waals surface area contributed by atoms with E-state index in [0.29, 0.717) is 16.1 Å². The molecule has 27 heavy (non-hydrogen) atoms. The molecule has 6 nitrogen and oxygen atoms in total. The molecule has 2 amide bonds. The van der Waals surface area contributed by atoms with Crippen molar-refractivity contribution in [2.24, 2.45) is 5.73 Å². The molecule has 144 valence electrons. The number of hydrogen-bond donors (Lipinski definition) is 2. The van der Waals surface area contributed by atoms with Crippen LogP contribution in [-0.4, -0.2) is 26.0 Å². The van der Waals surface area contributed by atoms with E-state index in [2.05, 4.69) is 5.32 Å². The van der Waals surface area contributed by atoms with E-state index in [1.165, 1.54) is 23.5 Å². The molecule has 1 aromatic carbocycles. The molecule has 1 aliphatic rings. The monoisotopic (exact) mass is 406 g/mol. The second-order valence-corrected chi connectivity index (χ2v) is 9.94. The van der Waals surface area contributed by atoms with E-state index >= 15 is 0 Å². The second kappa shape index (κ2) is 7.82. The van der Waals surface area contributed by atoms with Gasteiger partial charge in [-0.1, -0.05) is 19.1 Å². The SMILES string of the molecule is CCS(=O)(=O)c1ccc(CC(=O)Nc2sc3c(c2C(N)=O)CCCC3)cc1. The number of sulfone groups is 1. The Morgan fingerprint density at radius 2 is 1.81 bits per heavy atom. The first-order valence-corrected chi connectivity index (χ1v) is 11.3. The molecule has 1 aromatic heterocycles. The van der Waals surface area contributed by atoms with E-state index in [0.717, 1.165) is 36.1 Å². The Hall–Kier alpha value is -2.19. The molecule has 0 unspecified atom stereocenters. The molecular formula is C19H22N2O4S2. The summed E-state index contributed by atoms with van der Waals surface area (Å²) in [5, 5.41) is 3.33. The summed E-state index contributed by atoms with van der Waals surface area (Å²) in [6, 6.07) is 6.30. The summed E-state index contributed by atoms with van der Waals surface area (Å²) in [6.45, 7) is 1.59. The van der Waals surface area contributed by atoms with Crippen LogP contribution in [0.25, 0.3) is 0 Å². The summed E-state index contributed by atoms with van der Waals surface area (Å²) in [6.07, 6.45) is 3.90. The second-order valence-electron chi connectivity index (χ2n) is 6.55. The molecule has 0 saturated carbocycles. The predicted octanol–water partition coefficient (Wildman–Crippen LogP) is 2.70. The number of fused-ring (bicyclic) bond motifs is 1. The van der Waals surface area contributed by atoms with Gasteiger partial charge in [-0.3, -0.25) is 9.59 Å². The fourth-order valence-corrected chi connectivity index (χ4v) is 5.45. The zero-order valence-electron chi connectivity index (χ0n) is 15.1. The smallest absolute Gasteiger partial charge is 0.251 e. The highest BCUT2D eigenvalue weighted by Gasteiger charge is 2.25. The van der Waals surface area contributed by atoms with Gasteiger partial charge in [-0.15, -0.1) is 11.3 Å². The Balaban J connectivity index is 1.75. The first-order chi connectivity index (χ1) is 12.8. The fraction of sp³-hybridized carbons (Fsp3) is 0.368. The molecule has 1 aliphatic carbocycles. The first-order valence-electron chi connectivity index (χ1n) is 8.87. The molecule has 8 heteroatoms. The third kappa shape index (κ3) is 4.22. The number of thiophene rings is 1. The number of amides is 2. The van der Waals surface area contributed by atoms with Gasteiger partial charge in [-0.25, -0.2) is 8.42 Å². The number of nitrogens with one attached hydrogen (secondary N) is 1. The highest BCUT2D eigenvalue weighted by molar-refractivity contribution is 7.91. The minimum Gasteiger partial charge on any atom is -0.365 e. The summed E-state index contributed by atoms with van der Waals surface area (Å²) >= 11 is 1.43. The molecule has 2 aromatic rings. The summed E-state index contributed by atoms with van der Waals surface area (Å²) in [5.41, 5.74) is 7.65. The van der Waals surface area contributed by atoms with Crippen LogP contribution in [0.4, 0.5) is 5.00 Å². The zero-order valence-corrected chi connectivity index (χ0v) is 16.7. The summed E-state index contributed by atoms with van der Waals surface area (Å²) < 4.78 is 23.7. The lowest BCUT2D eigenvalue weighted by atomic mass is 9.95. The lowest BCUT2D eigenvalue weighted by Gasteiger charge is -2.11. The minimum atomic E-state index is -3.26. The van der Waals surface area contributed by atoms with E-state index in [4.69, 9.17) is 5.73 Å². The van der Waals surface area contributed by atoms with E-state index in [1.807, 2.05) is 0 Å². The number of carbonyl (C=O) groups is 2. The van der Waals surface area contributed by atoms with Gasteiger partial charge in [-0.2, -0.15) is 0 Å². The Kier molecular flexibility index (Phi) is 5.67. The van der Waals surface area contributed by atoms with E-state index in [9.17, 15) is 18.0 Å². The van der Waals surface area contributed by atoms with Crippen LogP contribution in [-0.2, 0) is 33.9 Å². The van der Waals surface area contributed by atoms with Gasteiger partial charge in [0.15, 0.2) is 9.84 Å². The van der Waals surface area contributed by atoms with Crippen LogP contribution in [0.15, 0.2) is 29.2 Å². The van der Waals surface area contributed by atoms with Crippen molar-refractivity contribution in [3.05, 3.63) is 45.8 Å². The molecule has 3 N–H and O–H groups in total. The van der Waals surface area contributed by atoms with E-state index < -0.39 is 15.7 Å². The Labute approximate surface area is 162 Å². The molecule has 0 fully saturated rings. The average Bonchev–Trinajstić information content (AvgIpc) is 2.99. The molecule has 0 atom stereocenters. The molecule has 1 heterocycles. The number of benzene rings is 1. The van der Waals surface area contributed by atoms with Gasteiger partial charge in [0.25, 0.3) is 5.91 Å². The van der Waals surface area contributed by atoms with Gasteiger partial charge >= 0.3 is 0 Å². The van der Waals surface area contributed by atoms with Crippen LogP contribution in [0.5, 0.6) is 0 Å². The number of anilines is 1. The number of hydrogen-bond acceptors (Lipinski definition) is 5. The zero-order chi connectivity index (χ0) is 19.6. The van der Waals surface area contributed by atoms with Gasteiger partial charge in [0.05, 0.1) is 22.6 Å². The van der Waals surface area contributed by atoms with Crippen LogP contribution in [0.1, 0.15) is 46.1 Å². The third-order valence-electron chi connectivity index (χ3n) is 4.70. The lowest BCUT2D eigenvalue weighted by molar-refractivity contribution is -0.115. The van der Waals surface area contributed by atoms with Crippen molar-refractivity contribution in [2.45, 2.75) is 43.9 Å². The summed E-state index contributed by atoms with van der Waals surface area (Å²) in [4.78, 5) is 25.7. The standard InChI is InChI=1S/C19H22N2O4S2/c1-2-27(24,25)13-9-7-12(8-10-13)11-16(22)21-19-17(18(20)23)14-5-3-4-6-15(14)26-19/h7-10H,2-6,11H2,1H3,(H2,20,23)(H,21,22). The normalized spacial score (nSPS) is 13.8. The van der Waals surface area contributed by atoms with Crippen molar-refractivity contribution in [1.29, 1.82) is 0 Å². The van der Waals surface area contributed by atoms with Crippen molar-refractivity contribution >= 4 is 38.0 Å². The molecule has 0 radical (unpaired) electrons. The van der Waals surface area contributed by atoms with E-state index in [1.54, 1.807) is 19.1 Å². The quantitative estimate of drug-likeness (QED) is 0.769. The minimum absolute atomic E-state index is 0.0335. The highest BCUT2D eigenvalue weighted by atomic mass is 32.2. The number of aryl methyl sites for hydroxylation is 1. The fourth-order valence-electron chi connectivity index (χ4n) is 3.25. The molecule has 3 rings (SSSR count). The van der Waals surface area contributed by atoms with Crippen molar-refractivity contribution in [1.82, 2.24) is 0 Å². The molecule has 0 saturated heterocycles. The first kappa shape index (κ1) is 19.6. The number of primary amides is 1. The van der Waals surface area contributed by atoms with E-state index in [-0.39, 0.29) is 23.0 Å². The summed E-state index contributed by atoms with van der Waals surface area (Å²) in [7, 11) is -3.26. The van der Waals surface area contributed by atoms with Crippen molar-refractivity contribution in [2.75, 3.05) is 11.1 Å². The van der Waals surface area contributed by atoms with Crippen molar-refractivity contribution < 1.29 is 18.0 Å².